The molecule has 5 nitrogen and oxygen atoms in total. The Hall–Kier alpha value is -2.24. The SMILES string of the molecule is COc1ccc2c(Nc3cc(Cl)ccc3Cl)ncnc2c1OC. The number of hydrogen-bond acceptors (Lipinski definition) is 5. The van der Waals surface area contributed by atoms with E-state index >= 15 is 0 Å². The molecule has 0 saturated heterocycles. The highest BCUT2D eigenvalue weighted by atomic mass is 35.5. The molecule has 1 aromatic heterocycles. The van der Waals surface area contributed by atoms with E-state index in [1.54, 1.807) is 38.5 Å². The number of aromatic nitrogens is 2. The first kappa shape index (κ1) is 15.6. The van der Waals surface area contributed by atoms with Gasteiger partial charge in [-0.05, 0) is 30.3 Å². The van der Waals surface area contributed by atoms with Crippen molar-refractivity contribution < 1.29 is 9.47 Å². The van der Waals surface area contributed by atoms with Crippen LogP contribution in [-0.4, -0.2) is 24.2 Å². The number of rotatable bonds is 4. The highest BCUT2D eigenvalue weighted by Crippen LogP contribution is 2.37. The van der Waals surface area contributed by atoms with E-state index in [-0.39, 0.29) is 0 Å². The number of anilines is 2. The van der Waals surface area contributed by atoms with E-state index in [1.165, 1.54) is 6.33 Å². The number of benzene rings is 2. The number of nitrogens with zero attached hydrogens (tertiary/aromatic N) is 2. The normalized spacial score (nSPS) is 10.6. The zero-order chi connectivity index (χ0) is 16.4. The van der Waals surface area contributed by atoms with Crippen LogP contribution in [0.3, 0.4) is 0 Å². The Balaban J connectivity index is 2.13. The largest absolute Gasteiger partial charge is 0.493 e. The van der Waals surface area contributed by atoms with Gasteiger partial charge in [-0.3, -0.25) is 0 Å². The van der Waals surface area contributed by atoms with E-state index < -0.39 is 0 Å². The molecule has 0 spiro atoms. The molecule has 0 aliphatic rings. The Labute approximate surface area is 143 Å². The van der Waals surface area contributed by atoms with E-state index in [0.29, 0.717) is 38.6 Å². The summed E-state index contributed by atoms with van der Waals surface area (Å²) in [6.45, 7) is 0. The average molecular weight is 350 g/mol. The Kier molecular flexibility index (Phi) is 4.41. The third-order valence-electron chi connectivity index (χ3n) is 3.33. The van der Waals surface area contributed by atoms with Gasteiger partial charge >= 0.3 is 0 Å². The maximum Gasteiger partial charge on any atom is 0.187 e. The van der Waals surface area contributed by atoms with Crippen LogP contribution in [0.1, 0.15) is 0 Å². The number of halogens is 2. The highest BCUT2D eigenvalue weighted by Gasteiger charge is 2.14. The lowest BCUT2D eigenvalue weighted by Gasteiger charge is -2.13. The number of ether oxygens (including phenoxy) is 2. The maximum absolute atomic E-state index is 6.19. The van der Waals surface area contributed by atoms with Gasteiger partial charge < -0.3 is 14.8 Å². The van der Waals surface area contributed by atoms with Gasteiger partial charge in [0.15, 0.2) is 11.5 Å². The van der Waals surface area contributed by atoms with E-state index in [2.05, 4.69) is 15.3 Å². The van der Waals surface area contributed by atoms with Gasteiger partial charge in [0.1, 0.15) is 17.7 Å². The van der Waals surface area contributed by atoms with Gasteiger partial charge in [0.05, 0.1) is 24.9 Å². The lowest BCUT2D eigenvalue weighted by atomic mass is 10.2. The molecule has 0 saturated carbocycles. The van der Waals surface area contributed by atoms with Crippen LogP contribution in [0.15, 0.2) is 36.7 Å². The van der Waals surface area contributed by atoms with Gasteiger partial charge in [-0.1, -0.05) is 23.2 Å². The summed E-state index contributed by atoms with van der Waals surface area (Å²) in [5.41, 5.74) is 1.30. The molecule has 0 aliphatic heterocycles. The van der Waals surface area contributed by atoms with Crippen LogP contribution >= 0.6 is 23.2 Å². The summed E-state index contributed by atoms with van der Waals surface area (Å²) in [5.74, 6) is 1.75. The molecule has 0 fully saturated rings. The first-order valence-electron chi connectivity index (χ1n) is 6.72. The quantitative estimate of drug-likeness (QED) is 0.739. The minimum atomic E-state index is 0.543. The van der Waals surface area contributed by atoms with Crippen LogP contribution < -0.4 is 14.8 Å². The maximum atomic E-state index is 6.19. The molecule has 0 aliphatic carbocycles. The summed E-state index contributed by atoms with van der Waals surface area (Å²) in [7, 11) is 3.15. The van der Waals surface area contributed by atoms with Crippen molar-refractivity contribution in [1.82, 2.24) is 9.97 Å². The van der Waals surface area contributed by atoms with Gasteiger partial charge in [0, 0.05) is 10.4 Å². The summed E-state index contributed by atoms with van der Waals surface area (Å²) in [5, 5.41) is 5.08. The van der Waals surface area contributed by atoms with Gasteiger partial charge in [0.2, 0.25) is 0 Å². The minimum absolute atomic E-state index is 0.543. The highest BCUT2D eigenvalue weighted by molar-refractivity contribution is 6.35. The Morgan fingerprint density at radius 3 is 2.57 bits per heavy atom. The van der Waals surface area contributed by atoms with E-state index in [1.807, 2.05) is 6.07 Å². The number of fused-ring (bicyclic) bond motifs is 1. The number of methoxy groups -OCH3 is 2. The summed E-state index contributed by atoms with van der Waals surface area (Å²) in [4.78, 5) is 8.57. The van der Waals surface area contributed by atoms with Gasteiger partial charge in [0.25, 0.3) is 0 Å². The summed E-state index contributed by atoms with van der Waals surface area (Å²) in [6.07, 6.45) is 1.45. The van der Waals surface area contributed by atoms with Crippen LogP contribution in [-0.2, 0) is 0 Å². The van der Waals surface area contributed by atoms with Crippen molar-refractivity contribution in [2.45, 2.75) is 0 Å². The van der Waals surface area contributed by atoms with Crippen LogP contribution in [0.2, 0.25) is 10.0 Å². The Morgan fingerprint density at radius 2 is 1.83 bits per heavy atom. The summed E-state index contributed by atoms with van der Waals surface area (Å²) in [6, 6.07) is 8.84. The van der Waals surface area contributed by atoms with Crippen molar-refractivity contribution in [1.29, 1.82) is 0 Å². The summed E-state index contributed by atoms with van der Waals surface area (Å²) < 4.78 is 10.7. The zero-order valence-electron chi connectivity index (χ0n) is 12.4. The van der Waals surface area contributed by atoms with Gasteiger partial charge in [-0.25, -0.2) is 9.97 Å². The van der Waals surface area contributed by atoms with Crippen molar-refractivity contribution in [2.75, 3.05) is 19.5 Å². The van der Waals surface area contributed by atoms with E-state index in [9.17, 15) is 0 Å². The van der Waals surface area contributed by atoms with Crippen molar-refractivity contribution in [2.24, 2.45) is 0 Å². The first-order chi connectivity index (χ1) is 11.1. The molecule has 3 aromatic rings. The van der Waals surface area contributed by atoms with E-state index in [4.69, 9.17) is 32.7 Å². The molecule has 0 atom stereocenters. The number of hydrogen-bond donors (Lipinski definition) is 1. The minimum Gasteiger partial charge on any atom is -0.493 e. The van der Waals surface area contributed by atoms with Crippen molar-refractivity contribution in [3.8, 4) is 11.5 Å². The fourth-order valence-corrected chi connectivity index (χ4v) is 2.60. The first-order valence-corrected chi connectivity index (χ1v) is 7.47. The summed E-state index contributed by atoms with van der Waals surface area (Å²) >= 11 is 12.2. The predicted octanol–water partition coefficient (Wildman–Crippen LogP) is 4.70. The molecule has 0 unspecified atom stereocenters. The van der Waals surface area contributed by atoms with Crippen molar-refractivity contribution in [3.05, 3.63) is 46.7 Å². The standard InChI is InChI=1S/C16H13Cl2N3O2/c1-22-13-6-4-10-14(15(13)23-2)19-8-20-16(10)21-12-7-9(17)3-5-11(12)18/h3-8H,1-2H3,(H,19,20,21). The van der Waals surface area contributed by atoms with Crippen molar-refractivity contribution >= 4 is 45.6 Å². The molecular formula is C16H13Cl2N3O2. The molecule has 1 N–H and O–H groups in total. The smallest absolute Gasteiger partial charge is 0.187 e. The Morgan fingerprint density at radius 1 is 1.00 bits per heavy atom. The topological polar surface area (TPSA) is 56.3 Å². The Bertz CT molecular complexity index is 871. The second kappa shape index (κ2) is 6.48. The fourth-order valence-electron chi connectivity index (χ4n) is 2.26. The molecule has 3 rings (SSSR count). The molecule has 2 aromatic carbocycles. The van der Waals surface area contributed by atoms with Crippen LogP contribution in [0, 0.1) is 0 Å². The van der Waals surface area contributed by atoms with Crippen LogP contribution in [0.5, 0.6) is 11.5 Å². The number of nitrogens with one attached hydrogen (secondary N) is 1. The van der Waals surface area contributed by atoms with E-state index in [0.717, 1.165) is 5.39 Å². The molecule has 23 heavy (non-hydrogen) atoms. The lowest BCUT2D eigenvalue weighted by Crippen LogP contribution is -1.99. The van der Waals surface area contributed by atoms with Crippen LogP contribution in [0.25, 0.3) is 10.9 Å². The monoisotopic (exact) mass is 349 g/mol. The predicted molar refractivity (Wildman–Crippen MR) is 92.4 cm³/mol. The molecule has 0 radical (unpaired) electrons. The molecule has 7 heteroatoms. The second-order valence-electron chi connectivity index (χ2n) is 4.67. The molecule has 1 heterocycles. The molecular weight excluding hydrogens is 337 g/mol. The molecule has 118 valence electrons. The fraction of sp³-hybridized carbons (Fsp3) is 0.125. The zero-order valence-corrected chi connectivity index (χ0v) is 13.9. The molecule has 0 bridgehead atoms. The average Bonchev–Trinajstić information content (AvgIpc) is 2.57. The molecule has 0 amide bonds. The second-order valence-corrected chi connectivity index (χ2v) is 5.51. The van der Waals surface area contributed by atoms with Gasteiger partial charge in [-0.15, -0.1) is 0 Å². The van der Waals surface area contributed by atoms with Crippen molar-refractivity contribution in [3.63, 3.8) is 0 Å². The third kappa shape index (κ3) is 2.98. The van der Waals surface area contributed by atoms with Crippen LogP contribution in [0.4, 0.5) is 11.5 Å². The van der Waals surface area contributed by atoms with Gasteiger partial charge in [-0.2, -0.15) is 0 Å². The third-order valence-corrected chi connectivity index (χ3v) is 3.89. The lowest BCUT2D eigenvalue weighted by molar-refractivity contribution is 0.358.